The molecule has 2 aliphatic heterocycles. The Bertz CT molecular complexity index is 402. The van der Waals surface area contributed by atoms with Crippen molar-refractivity contribution in [2.24, 2.45) is 5.92 Å². The maximum Gasteiger partial charge on any atom is 0.251 e. The second kappa shape index (κ2) is 3.35. The van der Waals surface area contributed by atoms with Gasteiger partial charge in [0.25, 0.3) is 5.91 Å². The van der Waals surface area contributed by atoms with Gasteiger partial charge in [0.2, 0.25) is 0 Å². The van der Waals surface area contributed by atoms with Crippen LogP contribution in [0.5, 0.6) is 0 Å². The molecule has 1 fully saturated rings. The van der Waals surface area contributed by atoms with Crippen molar-refractivity contribution in [3.8, 4) is 0 Å². The van der Waals surface area contributed by atoms with Crippen LogP contribution in [0.2, 0.25) is 0 Å². The molecule has 0 saturated carbocycles. The maximum atomic E-state index is 11.8. The van der Waals surface area contributed by atoms with Gasteiger partial charge in [0.05, 0.1) is 0 Å². The summed E-state index contributed by atoms with van der Waals surface area (Å²) in [6.07, 6.45) is 0. The SMILES string of the molecule is O=C1NCC2CNC[C@@H]2c2ccccc21. The Morgan fingerprint density at radius 1 is 1.13 bits per heavy atom. The second-order valence-corrected chi connectivity index (χ2v) is 4.32. The summed E-state index contributed by atoms with van der Waals surface area (Å²) in [4.78, 5) is 11.8. The highest BCUT2D eigenvalue weighted by atomic mass is 16.1. The summed E-state index contributed by atoms with van der Waals surface area (Å²) in [6, 6.07) is 7.96. The van der Waals surface area contributed by atoms with Crippen LogP contribution in [0.3, 0.4) is 0 Å². The first-order chi connectivity index (χ1) is 7.36. The van der Waals surface area contributed by atoms with E-state index < -0.39 is 0 Å². The first-order valence-corrected chi connectivity index (χ1v) is 5.44. The van der Waals surface area contributed by atoms with Gasteiger partial charge in [0, 0.05) is 31.1 Å². The van der Waals surface area contributed by atoms with Crippen LogP contribution in [0.25, 0.3) is 0 Å². The van der Waals surface area contributed by atoms with Crippen molar-refractivity contribution in [2.45, 2.75) is 5.92 Å². The standard InChI is InChI=1S/C12H14N2O/c15-12-10-4-2-1-3-9(10)11-7-13-5-8(11)6-14-12/h1-4,8,11,13H,5-7H2,(H,14,15)/t8?,11-/m0/s1. The maximum absolute atomic E-state index is 11.8. The number of carbonyl (C=O) groups excluding carboxylic acids is 1. The zero-order valence-electron chi connectivity index (χ0n) is 8.49. The Morgan fingerprint density at radius 3 is 2.93 bits per heavy atom. The van der Waals surface area contributed by atoms with Gasteiger partial charge in [0.1, 0.15) is 0 Å². The first kappa shape index (κ1) is 8.92. The molecule has 0 spiro atoms. The van der Waals surface area contributed by atoms with Crippen molar-refractivity contribution in [1.29, 1.82) is 0 Å². The molecular formula is C12H14N2O. The third kappa shape index (κ3) is 1.35. The zero-order valence-corrected chi connectivity index (χ0v) is 8.49. The second-order valence-electron chi connectivity index (χ2n) is 4.32. The van der Waals surface area contributed by atoms with E-state index in [0.717, 1.165) is 25.2 Å². The van der Waals surface area contributed by atoms with Gasteiger partial charge < -0.3 is 10.6 Å². The molecule has 1 amide bonds. The highest BCUT2D eigenvalue weighted by molar-refractivity contribution is 5.96. The Balaban J connectivity index is 2.11. The number of benzene rings is 1. The third-order valence-electron chi connectivity index (χ3n) is 3.47. The Hall–Kier alpha value is -1.35. The summed E-state index contributed by atoms with van der Waals surface area (Å²) in [5.41, 5.74) is 2.07. The molecule has 78 valence electrons. The Labute approximate surface area is 88.9 Å². The molecule has 15 heavy (non-hydrogen) atoms. The van der Waals surface area contributed by atoms with Crippen LogP contribution in [0, 0.1) is 5.92 Å². The molecule has 1 aromatic rings. The molecule has 2 heterocycles. The zero-order chi connectivity index (χ0) is 10.3. The number of amides is 1. The van der Waals surface area contributed by atoms with E-state index in [0.29, 0.717) is 11.8 Å². The lowest BCUT2D eigenvalue weighted by Crippen LogP contribution is -2.28. The fourth-order valence-electron chi connectivity index (χ4n) is 2.66. The lowest BCUT2D eigenvalue weighted by molar-refractivity contribution is 0.0952. The summed E-state index contributed by atoms with van der Waals surface area (Å²) in [7, 11) is 0. The highest BCUT2D eigenvalue weighted by Crippen LogP contribution is 2.31. The lowest BCUT2D eigenvalue weighted by atomic mass is 9.87. The van der Waals surface area contributed by atoms with E-state index in [1.807, 2.05) is 18.2 Å². The van der Waals surface area contributed by atoms with Gasteiger partial charge in [-0.05, 0) is 17.5 Å². The minimum absolute atomic E-state index is 0.0833. The van der Waals surface area contributed by atoms with Crippen molar-refractivity contribution in [2.75, 3.05) is 19.6 Å². The van der Waals surface area contributed by atoms with Crippen molar-refractivity contribution < 1.29 is 4.79 Å². The lowest BCUT2D eigenvalue weighted by Gasteiger charge is -2.15. The minimum atomic E-state index is 0.0833. The molecule has 2 N–H and O–H groups in total. The van der Waals surface area contributed by atoms with Gasteiger partial charge in [-0.2, -0.15) is 0 Å². The summed E-state index contributed by atoms with van der Waals surface area (Å²) >= 11 is 0. The molecule has 0 aliphatic carbocycles. The van der Waals surface area contributed by atoms with Gasteiger partial charge in [-0.1, -0.05) is 18.2 Å². The number of hydrogen-bond donors (Lipinski definition) is 2. The van der Waals surface area contributed by atoms with Gasteiger partial charge in [0.15, 0.2) is 0 Å². The molecule has 3 rings (SSSR count). The van der Waals surface area contributed by atoms with E-state index in [-0.39, 0.29) is 5.91 Å². The van der Waals surface area contributed by atoms with Crippen molar-refractivity contribution >= 4 is 5.91 Å². The number of carbonyl (C=O) groups is 1. The fraction of sp³-hybridized carbons (Fsp3) is 0.417. The molecule has 3 nitrogen and oxygen atoms in total. The third-order valence-corrected chi connectivity index (χ3v) is 3.47. The van der Waals surface area contributed by atoms with E-state index in [2.05, 4.69) is 16.7 Å². The van der Waals surface area contributed by atoms with Crippen LogP contribution >= 0.6 is 0 Å². The highest BCUT2D eigenvalue weighted by Gasteiger charge is 2.33. The summed E-state index contributed by atoms with van der Waals surface area (Å²) in [5, 5.41) is 6.39. The molecular weight excluding hydrogens is 188 g/mol. The largest absolute Gasteiger partial charge is 0.352 e. The topological polar surface area (TPSA) is 41.1 Å². The summed E-state index contributed by atoms with van der Waals surface area (Å²) in [6.45, 7) is 2.81. The molecule has 0 radical (unpaired) electrons. The van der Waals surface area contributed by atoms with E-state index in [1.54, 1.807) is 0 Å². The molecule has 3 heteroatoms. The predicted octanol–water partition coefficient (Wildman–Crippen LogP) is 0.733. The van der Waals surface area contributed by atoms with E-state index in [4.69, 9.17) is 0 Å². The van der Waals surface area contributed by atoms with Crippen molar-refractivity contribution in [3.05, 3.63) is 35.4 Å². The fourth-order valence-corrected chi connectivity index (χ4v) is 2.66. The van der Waals surface area contributed by atoms with Crippen LogP contribution in [0.4, 0.5) is 0 Å². The van der Waals surface area contributed by atoms with E-state index >= 15 is 0 Å². The smallest absolute Gasteiger partial charge is 0.251 e. The average Bonchev–Trinajstić information content (AvgIpc) is 2.69. The summed E-state index contributed by atoms with van der Waals surface area (Å²) < 4.78 is 0. The van der Waals surface area contributed by atoms with Crippen LogP contribution in [-0.2, 0) is 0 Å². The molecule has 1 unspecified atom stereocenters. The minimum Gasteiger partial charge on any atom is -0.352 e. The molecule has 1 saturated heterocycles. The van der Waals surface area contributed by atoms with Crippen LogP contribution < -0.4 is 10.6 Å². The molecule has 2 aliphatic rings. The van der Waals surface area contributed by atoms with Gasteiger partial charge in [-0.3, -0.25) is 4.79 Å². The Morgan fingerprint density at radius 2 is 2.00 bits per heavy atom. The quantitative estimate of drug-likeness (QED) is 0.651. The predicted molar refractivity (Wildman–Crippen MR) is 57.9 cm³/mol. The van der Waals surface area contributed by atoms with Gasteiger partial charge in [-0.15, -0.1) is 0 Å². The first-order valence-electron chi connectivity index (χ1n) is 5.44. The molecule has 2 atom stereocenters. The summed E-state index contributed by atoms with van der Waals surface area (Å²) in [5.74, 6) is 1.14. The number of rotatable bonds is 0. The molecule has 0 aromatic heterocycles. The molecule has 1 aromatic carbocycles. The number of nitrogens with one attached hydrogen (secondary N) is 2. The monoisotopic (exact) mass is 202 g/mol. The van der Waals surface area contributed by atoms with Gasteiger partial charge in [-0.25, -0.2) is 0 Å². The van der Waals surface area contributed by atoms with Crippen LogP contribution in [0.15, 0.2) is 24.3 Å². The number of hydrogen-bond acceptors (Lipinski definition) is 2. The van der Waals surface area contributed by atoms with E-state index in [1.165, 1.54) is 5.56 Å². The number of fused-ring (bicyclic) bond motifs is 3. The van der Waals surface area contributed by atoms with Crippen molar-refractivity contribution in [3.63, 3.8) is 0 Å². The Kier molecular flexibility index (Phi) is 1.99. The average molecular weight is 202 g/mol. The van der Waals surface area contributed by atoms with Gasteiger partial charge >= 0.3 is 0 Å². The van der Waals surface area contributed by atoms with Crippen LogP contribution in [-0.4, -0.2) is 25.5 Å². The normalized spacial score (nSPS) is 28.9. The van der Waals surface area contributed by atoms with Crippen LogP contribution in [0.1, 0.15) is 21.8 Å². The molecule has 0 bridgehead atoms. The van der Waals surface area contributed by atoms with Crippen molar-refractivity contribution in [1.82, 2.24) is 10.6 Å². The van der Waals surface area contributed by atoms with E-state index in [9.17, 15) is 4.79 Å².